The van der Waals surface area contributed by atoms with Crippen molar-refractivity contribution in [2.45, 2.75) is 64.5 Å². The molecular formula is C14H23NO2. The molecule has 1 spiro atoms. The first-order valence-electron chi connectivity index (χ1n) is 6.51. The predicted molar refractivity (Wildman–Crippen MR) is 67.9 cm³/mol. The van der Waals surface area contributed by atoms with E-state index in [1.165, 1.54) is 5.57 Å². The van der Waals surface area contributed by atoms with E-state index in [4.69, 9.17) is 4.74 Å². The van der Waals surface area contributed by atoms with E-state index in [1.54, 1.807) is 0 Å². The minimum absolute atomic E-state index is 0.0353. The van der Waals surface area contributed by atoms with Crippen molar-refractivity contribution in [3.63, 3.8) is 0 Å². The van der Waals surface area contributed by atoms with Gasteiger partial charge in [0.25, 0.3) is 0 Å². The molecule has 1 fully saturated rings. The number of rotatable bonds is 0. The summed E-state index contributed by atoms with van der Waals surface area (Å²) in [6.07, 6.45) is 6.48. The van der Waals surface area contributed by atoms with Crippen molar-refractivity contribution >= 4 is 6.09 Å². The van der Waals surface area contributed by atoms with Crippen LogP contribution in [0.2, 0.25) is 0 Å². The SMILES string of the molecule is CC1=C[C@]2(CCCN2C(=O)OC(C)(C)C)CC1. The highest BCUT2D eigenvalue weighted by molar-refractivity contribution is 5.70. The number of ether oxygens (including phenoxy) is 1. The van der Waals surface area contributed by atoms with Gasteiger partial charge in [-0.3, -0.25) is 4.90 Å². The second-order valence-electron chi connectivity index (χ2n) is 6.33. The Kier molecular flexibility index (Phi) is 2.96. The number of carbonyl (C=O) groups is 1. The Morgan fingerprint density at radius 3 is 2.65 bits per heavy atom. The van der Waals surface area contributed by atoms with E-state index >= 15 is 0 Å². The summed E-state index contributed by atoms with van der Waals surface area (Å²) >= 11 is 0. The molecule has 0 radical (unpaired) electrons. The standard InChI is InChI=1S/C14H23NO2/c1-11-6-8-14(10-11)7-5-9-15(14)12(16)17-13(2,3)4/h10H,5-9H2,1-4H3/t14-/m0/s1. The summed E-state index contributed by atoms with van der Waals surface area (Å²) in [4.78, 5) is 14.1. The van der Waals surface area contributed by atoms with Crippen LogP contribution in [-0.2, 0) is 4.74 Å². The van der Waals surface area contributed by atoms with Crippen LogP contribution < -0.4 is 0 Å². The molecule has 0 bridgehead atoms. The van der Waals surface area contributed by atoms with Crippen LogP contribution in [0.4, 0.5) is 4.79 Å². The summed E-state index contributed by atoms with van der Waals surface area (Å²) in [7, 11) is 0. The first kappa shape index (κ1) is 12.5. The molecule has 0 aromatic carbocycles. The van der Waals surface area contributed by atoms with Crippen LogP contribution >= 0.6 is 0 Å². The van der Waals surface area contributed by atoms with E-state index in [1.807, 2.05) is 25.7 Å². The summed E-state index contributed by atoms with van der Waals surface area (Å²) in [5.74, 6) is 0. The molecule has 0 aromatic heterocycles. The molecule has 1 atom stereocenters. The van der Waals surface area contributed by atoms with Gasteiger partial charge < -0.3 is 4.74 Å². The van der Waals surface area contributed by atoms with Gasteiger partial charge in [0.15, 0.2) is 0 Å². The molecule has 0 aromatic rings. The van der Waals surface area contributed by atoms with Crippen molar-refractivity contribution in [3.8, 4) is 0 Å². The molecule has 17 heavy (non-hydrogen) atoms. The quantitative estimate of drug-likeness (QED) is 0.603. The molecule has 0 saturated carbocycles. The fourth-order valence-corrected chi connectivity index (χ4v) is 2.92. The minimum Gasteiger partial charge on any atom is -0.444 e. The molecule has 3 heteroatoms. The monoisotopic (exact) mass is 237 g/mol. The zero-order chi connectivity index (χ0) is 12.7. The molecule has 96 valence electrons. The molecule has 1 aliphatic carbocycles. The lowest BCUT2D eigenvalue weighted by Gasteiger charge is -2.35. The highest BCUT2D eigenvalue weighted by Crippen LogP contribution is 2.41. The Labute approximate surface area is 104 Å². The molecular weight excluding hydrogens is 214 g/mol. The van der Waals surface area contributed by atoms with Crippen molar-refractivity contribution in [1.29, 1.82) is 0 Å². The number of amides is 1. The van der Waals surface area contributed by atoms with Gasteiger partial charge in [0.1, 0.15) is 5.60 Å². The Balaban J connectivity index is 2.13. The zero-order valence-electron chi connectivity index (χ0n) is 11.4. The Hall–Kier alpha value is -0.990. The average Bonchev–Trinajstić information content (AvgIpc) is 2.72. The maximum absolute atomic E-state index is 12.2. The van der Waals surface area contributed by atoms with E-state index in [0.717, 1.165) is 32.2 Å². The first-order valence-corrected chi connectivity index (χ1v) is 6.51. The third-order valence-electron chi connectivity index (χ3n) is 3.61. The molecule has 2 rings (SSSR count). The third kappa shape index (κ3) is 2.48. The number of hydrogen-bond acceptors (Lipinski definition) is 2. The summed E-state index contributed by atoms with van der Waals surface area (Å²) < 4.78 is 5.50. The number of allylic oxidation sites excluding steroid dienone is 1. The van der Waals surface area contributed by atoms with Crippen molar-refractivity contribution in [3.05, 3.63) is 11.6 Å². The topological polar surface area (TPSA) is 29.5 Å². The predicted octanol–water partition coefficient (Wildman–Crippen LogP) is 3.50. The number of nitrogens with zero attached hydrogens (tertiary/aromatic N) is 1. The van der Waals surface area contributed by atoms with E-state index in [2.05, 4.69) is 13.0 Å². The first-order chi connectivity index (χ1) is 7.82. The van der Waals surface area contributed by atoms with Crippen LogP contribution in [0, 0.1) is 0 Å². The van der Waals surface area contributed by atoms with Gasteiger partial charge in [-0.15, -0.1) is 0 Å². The maximum Gasteiger partial charge on any atom is 0.410 e. The highest BCUT2D eigenvalue weighted by atomic mass is 16.6. The molecule has 0 unspecified atom stereocenters. The molecule has 0 N–H and O–H groups in total. The third-order valence-corrected chi connectivity index (χ3v) is 3.61. The van der Waals surface area contributed by atoms with Crippen LogP contribution in [0.25, 0.3) is 0 Å². The van der Waals surface area contributed by atoms with Crippen molar-refractivity contribution < 1.29 is 9.53 Å². The summed E-state index contributed by atoms with van der Waals surface area (Å²) in [6, 6.07) is 0. The Bertz CT molecular complexity index is 354. The van der Waals surface area contributed by atoms with Crippen molar-refractivity contribution in [2.75, 3.05) is 6.54 Å². The molecule has 3 nitrogen and oxygen atoms in total. The lowest BCUT2D eigenvalue weighted by molar-refractivity contribution is 0.0147. The number of hydrogen-bond donors (Lipinski definition) is 0. The number of carbonyl (C=O) groups excluding carboxylic acids is 1. The Morgan fingerprint density at radius 2 is 2.12 bits per heavy atom. The summed E-state index contributed by atoms with van der Waals surface area (Å²) in [5.41, 5.74) is 0.963. The molecule has 1 saturated heterocycles. The van der Waals surface area contributed by atoms with Gasteiger partial charge in [0.05, 0.1) is 5.54 Å². The van der Waals surface area contributed by atoms with Gasteiger partial charge in [-0.1, -0.05) is 11.6 Å². The van der Waals surface area contributed by atoms with E-state index in [9.17, 15) is 4.79 Å². The zero-order valence-corrected chi connectivity index (χ0v) is 11.4. The second kappa shape index (κ2) is 4.04. The average molecular weight is 237 g/mol. The molecule has 1 heterocycles. The van der Waals surface area contributed by atoms with Gasteiger partial charge in [0, 0.05) is 6.54 Å². The fraction of sp³-hybridized carbons (Fsp3) is 0.786. The van der Waals surface area contributed by atoms with E-state index < -0.39 is 5.60 Å². The smallest absolute Gasteiger partial charge is 0.410 e. The summed E-state index contributed by atoms with van der Waals surface area (Å²) in [5, 5.41) is 0. The normalized spacial score (nSPS) is 28.7. The van der Waals surface area contributed by atoms with Gasteiger partial charge >= 0.3 is 6.09 Å². The summed E-state index contributed by atoms with van der Waals surface area (Å²) in [6.45, 7) is 8.75. The molecule has 1 aliphatic heterocycles. The van der Waals surface area contributed by atoms with Crippen LogP contribution in [-0.4, -0.2) is 28.7 Å². The van der Waals surface area contributed by atoms with Gasteiger partial charge in [-0.2, -0.15) is 0 Å². The fourth-order valence-electron chi connectivity index (χ4n) is 2.92. The van der Waals surface area contributed by atoms with Gasteiger partial charge in [0.2, 0.25) is 0 Å². The van der Waals surface area contributed by atoms with Gasteiger partial charge in [-0.25, -0.2) is 4.79 Å². The maximum atomic E-state index is 12.2. The van der Waals surface area contributed by atoms with Crippen LogP contribution in [0.5, 0.6) is 0 Å². The van der Waals surface area contributed by atoms with Gasteiger partial charge in [-0.05, 0) is 53.4 Å². The van der Waals surface area contributed by atoms with Crippen molar-refractivity contribution in [1.82, 2.24) is 4.90 Å². The number of likely N-dealkylation sites (tertiary alicyclic amines) is 1. The van der Waals surface area contributed by atoms with E-state index in [0.29, 0.717) is 0 Å². The largest absolute Gasteiger partial charge is 0.444 e. The van der Waals surface area contributed by atoms with Crippen LogP contribution in [0.3, 0.4) is 0 Å². The Morgan fingerprint density at radius 1 is 1.41 bits per heavy atom. The van der Waals surface area contributed by atoms with Crippen LogP contribution in [0.15, 0.2) is 11.6 Å². The molecule has 1 amide bonds. The second-order valence-corrected chi connectivity index (χ2v) is 6.33. The molecule has 2 aliphatic rings. The van der Waals surface area contributed by atoms with E-state index in [-0.39, 0.29) is 11.6 Å². The lowest BCUT2D eigenvalue weighted by atomic mass is 9.96. The highest BCUT2D eigenvalue weighted by Gasteiger charge is 2.45. The lowest BCUT2D eigenvalue weighted by Crippen LogP contribution is -2.46. The van der Waals surface area contributed by atoms with Crippen molar-refractivity contribution in [2.24, 2.45) is 0 Å². The minimum atomic E-state index is -0.405. The van der Waals surface area contributed by atoms with Crippen LogP contribution in [0.1, 0.15) is 53.4 Å².